The number of hydrogen-bond donors (Lipinski definition) is 1. The second kappa shape index (κ2) is 4.13. The average molecular weight is 253 g/mol. The van der Waals surface area contributed by atoms with E-state index in [0.29, 0.717) is 6.42 Å². The van der Waals surface area contributed by atoms with Gasteiger partial charge in [0.15, 0.2) is 0 Å². The number of nitro groups is 1. The molecule has 1 atom stereocenters. The number of carbonyl (C=O) groups is 1. The molecule has 1 aromatic heterocycles. The first-order chi connectivity index (χ1) is 8.47. The number of carbonyl (C=O) groups excluding carboxylic acids is 1. The highest BCUT2D eigenvalue weighted by Crippen LogP contribution is 2.31. The summed E-state index contributed by atoms with van der Waals surface area (Å²) in [5.74, 6) is -0.601. The fraction of sp³-hybridized carbons (Fsp3) is 0.400. The number of aromatic nitrogens is 1. The van der Waals surface area contributed by atoms with E-state index in [2.05, 4.69) is 4.74 Å². The van der Waals surface area contributed by atoms with Crippen LogP contribution in [-0.4, -0.2) is 22.6 Å². The summed E-state index contributed by atoms with van der Waals surface area (Å²) in [6, 6.07) is 0.202. The second-order valence-electron chi connectivity index (χ2n) is 3.94. The number of pyridine rings is 1. The molecule has 18 heavy (non-hydrogen) atoms. The molecule has 8 heteroatoms. The van der Waals surface area contributed by atoms with Crippen LogP contribution < -0.4 is 11.3 Å². The fourth-order valence-corrected chi connectivity index (χ4v) is 2.18. The van der Waals surface area contributed by atoms with Gasteiger partial charge in [0.25, 0.3) is 11.2 Å². The van der Waals surface area contributed by atoms with Crippen LogP contribution in [0.2, 0.25) is 0 Å². The zero-order valence-corrected chi connectivity index (χ0v) is 9.58. The Balaban J connectivity index is 2.68. The number of hydrogen-bond acceptors (Lipinski definition) is 6. The Labute approximate surface area is 101 Å². The average Bonchev–Trinajstić information content (AvgIpc) is 2.77. The summed E-state index contributed by atoms with van der Waals surface area (Å²) in [4.78, 5) is 33.7. The second-order valence-corrected chi connectivity index (χ2v) is 3.94. The Morgan fingerprint density at radius 3 is 2.89 bits per heavy atom. The molecule has 1 aliphatic rings. The Morgan fingerprint density at radius 1 is 1.67 bits per heavy atom. The van der Waals surface area contributed by atoms with Gasteiger partial charge in [0.1, 0.15) is 17.4 Å². The first kappa shape index (κ1) is 12.1. The molecule has 0 spiro atoms. The van der Waals surface area contributed by atoms with Crippen LogP contribution >= 0.6 is 0 Å². The third kappa shape index (κ3) is 1.62. The van der Waals surface area contributed by atoms with Crippen LogP contribution in [0.4, 0.5) is 11.4 Å². The van der Waals surface area contributed by atoms with E-state index < -0.39 is 22.5 Å². The van der Waals surface area contributed by atoms with Crippen molar-refractivity contribution < 1.29 is 14.5 Å². The molecule has 2 N–H and O–H groups in total. The molecular formula is C10H11N3O5. The van der Waals surface area contributed by atoms with Crippen LogP contribution in [0.15, 0.2) is 10.9 Å². The van der Waals surface area contributed by atoms with Crippen LogP contribution in [0.1, 0.15) is 18.2 Å². The quantitative estimate of drug-likeness (QED) is 0.450. The van der Waals surface area contributed by atoms with Gasteiger partial charge in [-0.1, -0.05) is 0 Å². The normalized spacial score (nSPS) is 17.3. The van der Waals surface area contributed by atoms with Crippen molar-refractivity contribution in [1.82, 2.24) is 4.57 Å². The number of methoxy groups -OCH3 is 1. The Morgan fingerprint density at radius 2 is 2.33 bits per heavy atom. The molecule has 1 unspecified atom stereocenters. The first-order valence-corrected chi connectivity index (χ1v) is 5.23. The van der Waals surface area contributed by atoms with Crippen LogP contribution in [0, 0.1) is 10.1 Å². The van der Waals surface area contributed by atoms with E-state index in [4.69, 9.17) is 5.73 Å². The summed E-state index contributed by atoms with van der Waals surface area (Å²) >= 11 is 0. The van der Waals surface area contributed by atoms with E-state index in [1.807, 2.05) is 0 Å². The van der Waals surface area contributed by atoms with Gasteiger partial charge in [0, 0.05) is 6.07 Å². The lowest BCUT2D eigenvalue weighted by Crippen LogP contribution is -2.30. The first-order valence-electron chi connectivity index (χ1n) is 5.23. The van der Waals surface area contributed by atoms with E-state index in [0.717, 1.165) is 10.6 Å². The van der Waals surface area contributed by atoms with Crippen molar-refractivity contribution in [2.24, 2.45) is 0 Å². The van der Waals surface area contributed by atoms with E-state index in [1.165, 1.54) is 7.11 Å². The Hall–Kier alpha value is -2.38. The standard InChI is InChI=1S/C10H11N3O5/c1-18-10(15)7-3-2-6-8(13(16)17)4-5(11)9(14)12(6)7/h4,7H,2-3,11H2,1H3. The molecule has 0 aliphatic carbocycles. The number of nitrogens with zero attached hydrogens (tertiary/aromatic N) is 2. The highest BCUT2D eigenvalue weighted by Gasteiger charge is 2.35. The van der Waals surface area contributed by atoms with Crippen molar-refractivity contribution in [1.29, 1.82) is 0 Å². The molecule has 1 aromatic rings. The number of esters is 1. The summed E-state index contributed by atoms with van der Waals surface area (Å²) < 4.78 is 5.65. The summed E-state index contributed by atoms with van der Waals surface area (Å²) in [5.41, 5.74) is 4.58. The number of nitrogen functional groups attached to an aromatic ring is 1. The van der Waals surface area contributed by atoms with E-state index in [9.17, 15) is 19.7 Å². The van der Waals surface area contributed by atoms with Crippen LogP contribution in [0.25, 0.3) is 0 Å². The van der Waals surface area contributed by atoms with E-state index in [1.54, 1.807) is 0 Å². The number of ether oxygens (including phenoxy) is 1. The topological polar surface area (TPSA) is 117 Å². The van der Waals surface area contributed by atoms with Gasteiger partial charge in [-0.05, 0) is 12.8 Å². The largest absolute Gasteiger partial charge is 0.467 e. The molecule has 0 radical (unpaired) electrons. The lowest BCUT2D eigenvalue weighted by molar-refractivity contribution is -0.385. The molecule has 0 aromatic carbocycles. The van der Waals surface area contributed by atoms with Gasteiger partial charge in [-0.15, -0.1) is 0 Å². The minimum Gasteiger partial charge on any atom is -0.467 e. The van der Waals surface area contributed by atoms with Gasteiger partial charge in [0.2, 0.25) is 0 Å². The minimum absolute atomic E-state index is 0.217. The molecule has 0 saturated heterocycles. The fourth-order valence-electron chi connectivity index (χ4n) is 2.18. The lowest BCUT2D eigenvalue weighted by atomic mass is 10.2. The van der Waals surface area contributed by atoms with Crippen molar-refractivity contribution >= 4 is 17.3 Å². The SMILES string of the molecule is COC(=O)C1CCc2c([N+](=O)[O-])cc(N)c(=O)n21. The molecule has 0 saturated carbocycles. The monoisotopic (exact) mass is 253 g/mol. The maximum Gasteiger partial charge on any atom is 0.328 e. The molecular weight excluding hydrogens is 242 g/mol. The van der Waals surface area contributed by atoms with Gasteiger partial charge < -0.3 is 10.5 Å². The van der Waals surface area contributed by atoms with Gasteiger partial charge in [-0.3, -0.25) is 19.5 Å². The summed E-state index contributed by atoms with van der Waals surface area (Å²) in [7, 11) is 1.20. The maximum absolute atomic E-state index is 11.9. The molecule has 2 heterocycles. The van der Waals surface area contributed by atoms with Crippen molar-refractivity contribution in [2.75, 3.05) is 12.8 Å². The summed E-state index contributed by atoms with van der Waals surface area (Å²) in [6.45, 7) is 0. The molecule has 96 valence electrons. The van der Waals surface area contributed by atoms with E-state index >= 15 is 0 Å². The van der Waals surface area contributed by atoms with Gasteiger partial charge in [-0.25, -0.2) is 4.79 Å². The van der Waals surface area contributed by atoms with Crippen molar-refractivity contribution in [3.05, 3.63) is 32.2 Å². The number of rotatable bonds is 2. The van der Waals surface area contributed by atoms with Crippen molar-refractivity contribution in [3.8, 4) is 0 Å². The predicted octanol–water partition coefficient (Wildman–Crippen LogP) is -0.00100. The predicted molar refractivity (Wildman–Crippen MR) is 61.1 cm³/mol. The van der Waals surface area contributed by atoms with Crippen LogP contribution in [0.5, 0.6) is 0 Å². The van der Waals surface area contributed by atoms with Gasteiger partial charge >= 0.3 is 5.97 Å². The number of nitrogens with two attached hydrogens (primary N) is 1. The third-order valence-corrected chi connectivity index (χ3v) is 2.98. The zero-order valence-electron chi connectivity index (χ0n) is 9.58. The van der Waals surface area contributed by atoms with Gasteiger partial charge in [-0.2, -0.15) is 0 Å². The Kier molecular flexibility index (Phi) is 2.77. The molecule has 0 fully saturated rings. The number of fused-ring (bicyclic) bond motifs is 1. The van der Waals surface area contributed by atoms with E-state index in [-0.39, 0.29) is 23.5 Å². The smallest absolute Gasteiger partial charge is 0.328 e. The third-order valence-electron chi connectivity index (χ3n) is 2.98. The van der Waals surface area contributed by atoms with Crippen LogP contribution in [-0.2, 0) is 16.0 Å². The molecule has 0 amide bonds. The molecule has 0 bridgehead atoms. The molecule has 2 rings (SSSR count). The molecule has 8 nitrogen and oxygen atoms in total. The van der Waals surface area contributed by atoms with Crippen molar-refractivity contribution in [3.63, 3.8) is 0 Å². The van der Waals surface area contributed by atoms with Crippen LogP contribution in [0.3, 0.4) is 0 Å². The minimum atomic E-state index is -0.834. The molecule has 1 aliphatic heterocycles. The zero-order chi connectivity index (χ0) is 13.4. The van der Waals surface area contributed by atoms with Crippen molar-refractivity contribution in [2.45, 2.75) is 18.9 Å². The Bertz CT molecular complexity index is 592. The highest BCUT2D eigenvalue weighted by atomic mass is 16.6. The lowest BCUT2D eigenvalue weighted by Gasteiger charge is -2.12. The summed E-state index contributed by atoms with van der Waals surface area (Å²) in [6.07, 6.45) is 0.567. The highest BCUT2D eigenvalue weighted by molar-refractivity contribution is 5.75. The number of anilines is 1. The van der Waals surface area contributed by atoms with Gasteiger partial charge in [0.05, 0.1) is 12.0 Å². The summed E-state index contributed by atoms with van der Waals surface area (Å²) in [5, 5.41) is 10.9. The maximum atomic E-state index is 11.9.